The number of hydrogen-bond donors (Lipinski definition) is 2. The number of carbonyl (C=O) groups excluding carboxylic acids is 1. The zero-order valence-electron chi connectivity index (χ0n) is 10.3. The summed E-state index contributed by atoms with van der Waals surface area (Å²) in [5.41, 5.74) is 0. The third kappa shape index (κ3) is 3.43. The van der Waals surface area contributed by atoms with Crippen LogP contribution in [0.2, 0.25) is 0 Å². The molecule has 3 unspecified atom stereocenters. The van der Waals surface area contributed by atoms with E-state index in [4.69, 9.17) is 4.74 Å². The van der Waals surface area contributed by atoms with Gasteiger partial charge in [0, 0.05) is 13.5 Å². The molecule has 1 rings (SSSR count). The molecule has 16 heavy (non-hydrogen) atoms. The zero-order valence-corrected chi connectivity index (χ0v) is 10.3. The summed E-state index contributed by atoms with van der Waals surface area (Å²) in [6.45, 7) is 8.59. The van der Waals surface area contributed by atoms with Gasteiger partial charge in [0.15, 0.2) is 0 Å². The summed E-state index contributed by atoms with van der Waals surface area (Å²) in [7, 11) is 0. The molecule has 0 bridgehead atoms. The van der Waals surface area contributed by atoms with Gasteiger partial charge >= 0.3 is 0 Å². The molecule has 1 saturated heterocycles. The number of aliphatic hydroxyl groups is 1. The Kier molecular flexibility index (Phi) is 5.18. The summed E-state index contributed by atoms with van der Waals surface area (Å²) in [4.78, 5) is 13.1. The van der Waals surface area contributed by atoms with Gasteiger partial charge in [0.25, 0.3) is 0 Å². The van der Waals surface area contributed by atoms with E-state index in [9.17, 15) is 9.90 Å². The maximum Gasteiger partial charge on any atom is 0.217 e. The van der Waals surface area contributed by atoms with Crippen LogP contribution in [-0.2, 0) is 9.53 Å². The second-order valence-corrected chi connectivity index (χ2v) is 4.16. The van der Waals surface area contributed by atoms with Crippen molar-refractivity contribution in [3.63, 3.8) is 0 Å². The molecule has 0 radical (unpaired) electrons. The van der Waals surface area contributed by atoms with Crippen molar-refractivity contribution in [3.8, 4) is 0 Å². The minimum absolute atomic E-state index is 0.129. The molecule has 94 valence electrons. The second kappa shape index (κ2) is 6.18. The van der Waals surface area contributed by atoms with E-state index in [1.54, 1.807) is 0 Å². The molecule has 1 amide bonds. The molecule has 3 atom stereocenters. The second-order valence-electron chi connectivity index (χ2n) is 4.16. The highest BCUT2D eigenvalue weighted by Gasteiger charge is 2.36. The number of aliphatic hydroxyl groups excluding tert-OH is 1. The van der Waals surface area contributed by atoms with Gasteiger partial charge in [-0.05, 0) is 13.1 Å². The highest BCUT2D eigenvalue weighted by Crippen LogP contribution is 2.15. The van der Waals surface area contributed by atoms with Gasteiger partial charge in [-0.3, -0.25) is 4.79 Å². The van der Waals surface area contributed by atoms with Crippen LogP contribution < -0.4 is 5.32 Å². The van der Waals surface area contributed by atoms with E-state index >= 15 is 0 Å². The Hall–Kier alpha value is -0.650. The van der Waals surface area contributed by atoms with Gasteiger partial charge in [0.1, 0.15) is 6.10 Å². The first-order valence-electron chi connectivity index (χ1n) is 5.87. The Bertz CT molecular complexity index is 231. The van der Waals surface area contributed by atoms with E-state index in [2.05, 4.69) is 24.1 Å². The van der Waals surface area contributed by atoms with Crippen LogP contribution >= 0.6 is 0 Å². The predicted molar refractivity (Wildman–Crippen MR) is 61.1 cm³/mol. The van der Waals surface area contributed by atoms with Gasteiger partial charge in [0.2, 0.25) is 5.91 Å². The lowest BCUT2D eigenvalue weighted by Gasteiger charge is -2.24. The van der Waals surface area contributed by atoms with Crippen molar-refractivity contribution in [1.82, 2.24) is 10.2 Å². The molecule has 1 fully saturated rings. The van der Waals surface area contributed by atoms with Crippen molar-refractivity contribution < 1.29 is 14.6 Å². The lowest BCUT2D eigenvalue weighted by molar-refractivity contribution is -0.120. The maximum absolute atomic E-state index is 10.9. The summed E-state index contributed by atoms with van der Waals surface area (Å²) in [6, 6.07) is -0.266. The molecule has 1 heterocycles. The van der Waals surface area contributed by atoms with E-state index in [0.717, 1.165) is 13.1 Å². The molecule has 1 aliphatic rings. The van der Waals surface area contributed by atoms with E-state index < -0.39 is 6.10 Å². The molecule has 1 aliphatic heterocycles. The van der Waals surface area contributed by atoms with Crippen LogP contribution in [0.1, 0.15) is 20.8 Å². The minimum atomic E-state index is -0.607. The van der Waals surface area contributed by atoms with Gasteiger partial charge in [-0.2, -0.15) is 0 Å². The van der Waals surface area contributed by atoms with Crippen molar-refractivity contribution in [2.75, 3.05) is 26.2 Å². The Morgan fingerprint density at radius 1 is 1.50 bits per heavy atom. The molecule has 5 heteroatoms. The van der Waals surface area contributed by atoms with E-state index in [-0.39, 0.29) is 18.1 Å². The third-order valence-corrected chi connectivity index (χ3v) is 3.00. The topological polar surface area (TPSA) is 61.8 Å². The number of carbonyl (C=O) groups is 1. The third-order valence-electron chi connectivity index (χ3n) is 3.00. The predicted octanol–water partition coefficient (Wildman–Crippen LogP) is -0.407. The highest BCUT2D eigenvalue weighted by molar-refractivity contribution is 5.73. The fourth-order valence-corrected chi connectivity index (χ4v) is 1.97. The van der Waals surface area contributed by atoms with E-state index in [0.29, 0.717) is 13.2 Å². The van der Waals surface area contributed by atoms with Gasteiger partial charge in [-0.15, -0.1) is 0 Å². The fraction of sp³-hybridized carbons (Fsp3) is 0.909. The molecule has 0 aromatic carbocycles. The first-order valence-corrected chi connectivity index (χ1v) is 5.87. The molecule has 0 aromatic rings. The molecule has 5 nitrogen and oxygen atoms in total. The van der Waals surface area contributed by atoms with E-state index in [1.807, 2.05) is 0 Å². The van der Waals surface area contributed by atoms with Gasteiger partial charge in [-0.1, -0.05) is 13.8 Å². The SMILES string of the molecule is CCN(CC)CC1OCC(NC(C)=O)C1O. The molecule has 2 N–H and O–H groups in total. The van der Waals surface area contributed by atoms with Crippen molar-refractivity contribution in [3.05, 3.63) is 0 Å². The number of nitrogens with one attached hydrogen (secondary N) is 1. The molecular weight excluding hydrogens is 208 g/mol. The average molecular weight is 230 g/mol. The average Bonchev–Trinajstić information content (AvgIpc) is 2.57. The number of amides is 1. The van der Waals surface area contributed by atoms with Crippen molar-refractivity contribution >= 4 is 5.91 Å². The van der Waals surface area contributed by atoms with Crippen LogP contribution in [0.3, 0.4) is 0 Å². The number of rotatable bonds is 5. The normalized spacial score (nSPS) is 29.7. The quantitative estimate of drug-likeness (QED) is 0.674. The van der Waals surface area contributed by atoms with Crippen LogP contribution in [0.4, 0.5) is 0 Å². The van der Waals surface area contributed by atoms with Crippen LogP contribution in [0.25, 0.3) is 0 Å². The Balaban J connectivity index is 2.43. The van der Waals surface area contributed by atoms with E-state index in [1.165, 1.54) is 6.92 Å². The Morgan fingerprint density at radius 2 is 2.12 bits per heavy atom. The molecular formula is C11H22N2O3. The lowest BCUT2D eigenvalue weighted by Crippen LogP contribution is -2.46. The molecule has 0 spiro atoms. The summed E-state index contributed by atoms with van der Waals surface area (Å²) < 4.78 is 5.51. The fourth-order valence-electron chi connectivity index (χ4n) is 1.97. The standard InChI is InChI=1S/C11H22N2O3/c1-4-13(5-2)6-10-11(15)9(7-16-10)12-8(3)14/h9-11,15H,4-7H2,1-3H3,(H,12,14). The minimum Gasteiger partial charge on any atom is -0.388 e. The lowest BCUT2D eigenvalue weighted by atomic mass is 10.1. The van der Waals surface area contributed by atoms with Gasteiger partial charge in [-0.25, -0.2) is 0 Å². The highest BCUT2D eigenvalue weighted by atomic mass is 16.5. The van der Waals surface area contributed by atoms with Gasteiger partial charge < -0.3 is 20.1 Å². The monoisotopic (exact) mass is 230 g/mol. The smallest absolute Gasteiger partial charge is 0.217 e. The van der Waals surface area contributed by atoms with Crippen molar-refractivity contribution in [1.29, 1.82) is 0 Å². The first kappa shape index (κ1) is 13.4. The zero-order chi connectivity index (χ0) is 12.1. The molecule has 0 aromatic heterocycles. The van der Waals surface area contributed by atoms with Crippen LogP contribution in [0.5, 0.6) is 0 Å². The van der Waals surface area contributed by atoms with Crippen LogP contribution in [0, 0.1) is 0 Å². The summed E-state index contributed by atoms with van der Waals surface area (Å²) in [5, 5.41) is 12.7. The largest absolute Gasteiger partial charge is 0.388 e. The number of nitrogens with zero attached hydrogens (tertiary/aromatic N) is 1. The number of hydrogen-bond acceptors (Lipinski definition) is 4. The Labute approximate surface area is 96.8 Å². The summed E-state index contributed by atoms with van der Waals surface area (Å²) >= 11 is 0. The van der Waals surface area contributed by atoms with Crippen molar-refractivity contribution in [2.45, 2.75) is 39.0 Å². The summed E-state index contributed by atoms with van der Waals surface area (Å²) in [5.74, 6) is -0.129. The number of ether oxygens (including phenoxy) is 1. The first-order chi connectivity index (χ1) is 7.58. The Morgan fingerprint density at radius 3 is 2.62 bits per heavy atom. The summed E-state index contributed by atoms with van der Waals surface area (Å²) in [6.07, 6.45) is -0.804. The van der Waals surface area contributed by atoms with Crippen molar-refractivity contribution in [2.24, 2.45) is 0 Å². The molecule has 0 saturated carbocycles. The maximum atomic E-state index is 10.9. The van der Waals surface area contributed by atoms with Crippen LogP contribution in [-0.4, -0.2) is 60.4 Å². The number of likely N-dealkylation sites (N-methyl/N-ethyl adjacent to an activating group) is 1. The van der Waals surface area contributed by atoms with Crippen LogP contribution in [0.15, 0.2) is 0 Å². The van der Waals surface area contributed by atoms with Gasteiger partial charge in [0.05, 0.1) is 18.8 Å². The molecule has 0 aliphatic carbocycles.